The van der Waals surface area contributed by atoms with Crippen LogP contribution in [0.2, 0.25) is 0 Å². The molecule has 1 heterocycles. The molecule has 1 aromatic heterocycles. The van der Waals surface area contributed by atoms with Gasteiger partial charge in [-0.05, 0) is 6.08 Å². The molecule has 1 rings (SSSR count). The minimum atomic E-state index is -4.43. The average molecular weight is 273 g/mol. The first kappa shape index (κ1) is 15.0. The van der Waals surface area contributed by atoms with Crippen LogP contribution in [-0.4, -0.2) is 39.9 Å². The summed E-state index contributed by atoms with van der Waals surface area (Å²) in [6.07, 6.45) is 2.48. The summed E-state index contributed by atoms with van der Waals surface area (Å²) in [6.45, 7) is 1.88. The standard InChI is InChI=1S/C12H14F3N3O/c1-3-6-18(9-12(13,14)15)11(19)5-4-10-7-16-17(2)8-10/h3-5,7-8H,1,6,9H2,2H3/b5-4+. The third kappa shape index (κ3) is 5.41. The number of aryl methyl sites for hydroxylation is 1. The highest BCUT2D eigenvalue weighted by molar-refractivity contribution is 5.91. The van der Waals surface area contributed by atoms with E-state index in [0.717, 1.165) is 6.08 Å². The van der Waals surface area contributed by atoms with Crippen molar-refractivity contribution in [3.63, 3.8) is 0 Å². The first-order chi connectivity index (χ1) is 8.81. The lowest BCUT2D eigenvalue weighted by Crippen LogP contribution is -2.38. The molecule has 0 saturated heterocycles. The van der Waals surface area contributed by atoms with Crippen LogP contribution in [0, 0.1) is 0 Å². The maximum atomic E-state index is 12.3. The van der Waals surface area contributed by atoms with Crippen molar-refractivity contribution in [1.82, 2.24) is 14.7 Å². The molecule has 0 N–H and O–H groups in total. The minimum absolute atomic E-state index is 0.157. The number of amides is 1. The molecule has 0 bridgehead atoms. The van der Waals surface area contributed by atoms with E-state index in [0.29, 0.717) is 10.5 Å². The predicted molar refractivity (Wildman–Crippen MR) is 65.1 cm³/mol. The average Bonchev–Trinajstić information content (AvgIpc) is 2.70. The second-order valence-electron chi connectivity index (χ2n) is 3.90. The fourth-order valence-electron chi connectivity index (χ4n) is 1.40. The van der Waals surface area contributed by atoms with Gasteiger partial charge < -0.3 is 4.90 Å². The monoisotopic (exact) mass is 273 g/mol. The van der Waals surface area contributed by atoms with E-state index in [9.17, 15) is 18.0 Å². The first-order valence-corrected chi connectivity index (χ1v) is 5.45. The van der Waals surface area contributed by atoms with Crippen molar-refractivity contribution in [3.05, 3.63) is 36.7 Å². The van der Waals surface area contributed by atoms with Crippen molar-refractivity contribution in [2.75, 3.05) is 13.1 Å². The largest absolute Gasteiger partial charge is 0.406 e. The van der Waals surface area contributed by atoms with Gasteiger partial charge in [-0.25, -0.2) is 0 Å². The highest BCUT2D eigenvalue weighted by Crippen LogP contribution is 2.16. The second kappa shape index (κ2) is 6.21. The molecule has 19 heavy (non-hydrogen) atoms. The molecule has 0 aliphatic rings. The van der Waals surface area contributed by atoms with E-state index < -0.39 is 18.6 Å². The number of carbonyl (C=O) groups is 1. The molecule has 1 aromatic rings. The number of rotatable bonds is 5. The lowest BCUT2D eigenvalue weighted by Gasteiger charge is -2.20. The van der Waals surface area contributed by atoms with Gasteiger partial charge in [0.05, 0.1) is 6.20 Å². The number of carbonyl (C=O) groups excluding carboxylic acids is 1. The van der Waals surface area contributed by atoms with E-state index in [4.69, 9.17) is 0 Å². The Bertz CT molecular complexity index is 477. The normalized spacial score (nSPS) is 11.8. The molecule has 0 aliphatic heterocycles. The Morgan fingerprint density at radius 2 is 2.26 bits per heavy atom. The summed E-state index contributed by atoms with van der Waals surface area (Å²) in [5, 5.41) is 3.88. The van der Waals surface area contributed by atoms with Gasteiger partial charge in [0.25, 0.3) is 0 Å². The van der Waals surface area contributed by atoms with Gasteiger partial charge in [-0.2, -0.15) is 18.3 Å². The van der Waals surface area contributed by atoms with Crippen LogP contribution < -0.4 is 0 Å². The molecule has 0 aromatic carbocycles. The van der Waals surface area contributed by atoms with Gasteiger partial charge in [-0.1, -0.05) is 6.08 Å². The van der Waals surface area contributed by atoms with Crippen molar-refractivity contribution in [2.24, 2.45) is 7.05 Å². The topological polar surface area (TPSA) is 38.1 Å². The van der Waals surface area contributed by atoms with Crippen molar-refractivity contribution < 1.29 is 18.0 Å². The summed E-state index contributed by atoms with van der Waals surface area (Å²) in [4.78, 5) is 12.3. The molecule has 0 aliphatic carbocycles. The van der Waals surface area contributed by atoms with Crippen LogP contribution in [0.4, 0.5) is 13.2 Å². The van der Waals surface area contributed by atoms with E-state index in [1.54, 1.807) is 13.2 Å². The molecular formula is C12H14F3N3O. The van der Waals surface area contributed by atoms with E-state index in [1.165, 1.54) is 23.0 Å². The van der Waals surface area contributed by atoms with Crippen LogP contribution in [-0.2, 0) is 11.8 Å². The Labute approximate surface area is 108 Å². The number of hydrogen-bond donors (Lipinski definition) is 0. The van der Waals surface area contributed by atoms with E-state index in [2.05, 4.69) is 11.7 Å². The fourth-order valence-corrected chi connectivity index (χ4v) is 1.40. The van der Waals surface area contributed by atoms with E-state index in [1.807, 2.05) is 0 Å². The van der Waals surface area contributed by atoms with Gasteiger partial charge in [0.1, 0.15) is 6.54 Å². The molecule has 0 spiro atoms. The zero-order valence-corrected chi connectivity index (χ0v) is 10.4. The SMILES string of the molecule is C=CCN(CC(F)(F)F)C(=O)/C=C/c1cnn(C)c1. The maximum Gasteiger partial charge on any atom is 0.406 e. The molecule has 0 radical (unpaired) electrons. The van der Waals surface area contributed by atoms with Gasteiger partial charge in [0, 0.05) is 31.4 Å². The molecule has 7 heteroatoms. The summed E-state index contributed by atoms with van der Waals surface area (Å²) in [5.74, 6) is -0.721. The van der Waals surface area contributed by atoms with Crippen LogP contribution in [0.1, 0.15) is 5.56 Å². The highest BCUT2D eigenvalue weighted by atomic mass is 19.4. The van der Waals surface area contributed by atoms with Gasteiger partial charge in [0.2, 0.25) is 5.91 Å². The molecule has 104 valence electrons. The van der Waals surface area contributed by atoms with E-state index >= 15 is 0 Å². The van der Waals surface area contributed by atoms with E-state index in [-0.39, 0.29) is 6.54 Å². The third-order valence-electron chi connectivity index (χ3n) is 2.17. The van der Waals surface area contributed by atoms with Gasteiger partial charge in [-0.3, -0.25) is 9.48 Å². The molecule has 0 atom stereocenters. The van der Waals surface area contributed by atoms with Gasteiger partial charge in [-0.15, -0.1) is 6.58 Å². The summed E-state index contributed by atoms with van der Waals surface area (Å²) in [7, 11) is 1.70. The predicted octanol–water partition coefficient (Wildman–Crippen LogP) is 2.01. The summed E-state index contributed by atoms with van der Waals surface area (Å²) in [5.41, 5.74) is 0.640. The molecule has 4 nitrogen and oxygen atoms in total. The maximum absolute atomic E-state index is 12.3. The lowest BCUT2D eigenvalue weighted by atomic mass is 10.3. The number of nitrogens with zero attached hydrogens (tertiary/aromatic N) is 3. The Balaban J connectivity index is 2.71. The van der Waals surface area contributed by atoms with Crippen molar-refractivity contribution in [3.8, 4) is 0 Å². The highest BCUT2D eigenvalue weighted by Gasteiger charge is 2.31. The minimum Gasteiger partial charge on any atom is -0.326 e. The van der Waals surface area contributed by atoms with Crippen molar-refractivity contribution in [2.45, 2.75) is 6.18 Å². The quantitative estimate of drug-likeness (QED) is 0.608. The Kier molecular flexibility index (Phi) is 4.91. The molecule has 0 fully saturated rings. The van der Waals surface area contributed by atoms with Crippen LogP contribution in [0.25, 0.3) is 6.08 Å². The zero-order valence-electron chi connectivity index (χ0n) is 10.4. The molecule has 0 saturated carbocycles. The summed E-state index contributed by atoms with van der Waals surface area (Å²) < 4.78 is 38.4. The van der Waals surface area contributed by atoms with Crippen LogP contribution in [0.5, 0.6) is 0 Å². The van der Waals surface area contributed by atoms with Crippen LogP contribution in [0.15, 0.2) is 31.1 Å². The first-order valence-electron chi connectivity index (χ1n) is 5.45. The Morgan fingerprint density at radius 3 is 2.74 bits per heavy atom. The fraction of sp³-hybridized carbons (Fsp3) is 0.333. The second-order valence-corrected chi connectivity index (χ2v) is 3.90. The molecule has 1 amide bonds. The van der Waals surface area contributed by atoms with Gasteiger partial charge >= 0.3 is 6.18 Å². The van der Waals surface area contributed by atoms with Gasteiger partial charge in [0.15, 0.2) is 0 Å². The third-order valence-corrected chi connectivity index (χ3v) is 2.17. The zero-order chi connectivity index (χ0) is 14.5. The smallest absolute Gasteiger partial charge is 0.326 e. The number of hydrogen-bond acceptors (Lipinski definition) is 2. The summed E-state index contributed by atoms with van der Waals surface area (Å²) >= 11 is 0. The van der Waals surface area contributed by atoms with Crippen LogP contribution in [0.3, 0.4) is 0 Å². The van der Waals surface area contributed by atoms with Crippen molar-refractivity contribution in [1.29, 1.82) is 0 Å². The Morgan fingerprint density at radius 1 is 1.58 bits per heavy atom. The molecular weight excluding hydrogens is 259 g/mol. The van der Waals surface area contributed by atoms with Crippen molar-refractivity contribution >= 4 is 12.0 Å². The molecule has 0 unspecified atom stereocenters. The Hall–Kier alpha value is -2.05. The summed E-state index contributed by atoms with van der Waals surface area (Å²) in [6, 6.07) is 0. The number of aromatic nitrogens is 2. The lowest BCUT2D eigenvalue weighted by molar-refractivity contribution is -0.157. The number of alkyl halides is 3. The van der Waals surface area contributed by atoms with Crippen LogP contribution >= 0.6 is 0 Å². The number of halogens is 3.